The van der Waals surface area contributed by atoms with Crippen LogP contribution in [-0.2, 0) is 4.79 Å². The van der Waals surface area contributed by atoms with E-state index in [0.29, 0.717) is 28.9 Å². The molecule has 1 heterocycles. The Morgan fingerprint density at radius 1 is 1.19 bits per heavy atom. The van der Waals surface area contributed by atoms with Gasteiger partial charge in [0.1, 0.15) is 11.5 Å². The molecule has 0 aliphatic rings. The lowest BCUT2D eigenvalue weighted by molar-refractivity contribution is -0.113. The molecule has 0 unspecified atom stereocenters. The van der Waals surface area contributed by atoms with Gasteiger partial charge >= 0.3 is 0 Å². The number of rotatable bonds is 9. The van der Waals surface area contributed by atoms with Crippen LogP contribution in [0.2, 0.25) is 0 Å². The summed E-state index contributed by atoms with van der Waals surface area (Å²) in [4.78, 5) is 21.0. The summed E-state index contributed by atoms with van der Waals surface area (Å²) in [6, 6.07) is 7.29. The Morgan fingerprint density at radius 2 is 1.92 bits per heavy atom. The van der Waals surface area contributed by atoms with Gasteiger partial charge in [0, 0.05) is 17.5 Å². The highest BCUT2D eigenvalue weighted by Gasteiger charge is 2.11. The Morgan fingerprint density at radius 3 is 2.58 bits per heavy atom. The third-order valence-corrected chi connectivity index (χ3v) is 4.36. The smallest absolute Gasteiger partial charge is 0.234 e. The average Bonchev–Trinajstić information content (AvgIpc) is 2.60. The van der Waals surface area contributed by atoms with Gasteiger partial charge in [0.05, 0.1) is 25.2 Å². The molecule has 1 aromatic carbocycles. The second-order valence-corrected chi connectivity index (χ2v) is 6.78. The van der Waals surface area contributed by atoms with Crippen molar-refractivity contribution in [1.82, 2.24) is 9.97 Å². The lowest BCUT2D eigenvalue weighted by Gasteiger charge is -2.13. The molecule has 26 heavy (non-hydrogen) atoms. The fourth-order valence-electron chi connectivity index (χ4n) is 2.26. The second kappa shape index (κ2) is 10.0. The number of aryl methyl sites for hydroxylation is 2. The first kappa shape index (κ1) is 20.0. The van der Waals surface area contributed by atoms with Crippen LogP contribution in [0.4, 0.5) is 5.69 Å². The molecule has 1 N–H and O–H groups in total. The molecule has 0 spiro atoms. The molecule has 0 bridgehead atoms. The molecule has 0 aliphatic carbocycles. The van der Waals surface area contributed by atoms with E-state index in [9.17, 15) is 4.79 Å². The molecule has 140 valence electrons. The summed E-state index contributed by atoms with van der Waals surface area (Å²) in [6.07, 6.45) is 2.00. The second-order valence-electron chi connectivity index (χ2n) is 5.83. The number of carbonyl (C=O) groups is 1. The molecule has 1 aromatic heterocycles. The van der Waals surface area contributed by atoms with Gasteiger partial charge in [0.25, 0.3) is 0 Å². The number of thioether (sulfide) groups is 1. The fourth-order valence-corrected chi connectivity index (χ4v) is 3.01. The summed E-state index contributed by atoms with van der Waals surface area (Å²) in [5, 5.41) is 3.49. The number of anilines is 1. The Bertz CT molecular complexity index is 733. The van der Waals surface area contributed by atoms with Crippen molar-refractivity contribution in [2.24, 2.45) is 0 Å². The summed E-state index contributed by atoms with van der Waals surface area (Å²) in [5.41, 5.74) is 2.38. The van der Waals surface area contributed by atoms with Crippen molar-refractivity contribution >= 4 is 23.4 Å². The molecular weight excluding hydrogens is 350 g/mol. The van der Waals surface area contributed by atoms with Crippen molar-refractivity contribution in [3.8, 4) is 11.5 Å². The molecule has 0 atom stereocenters. The van der Waals surface area contributed by atoms with E-state index in [1.54, 1.807) is 13.2 Å². The van der Waals surface area contributed by atoms with E-state index in [-0.39, 0.29) is 11.7 Å². The Balaban J connectivity index is 2.01. The molecule has 0 fully saturated rings. The molecule has 2 rings (SSSR count). The zero-order valence-electron chi connectivity index (χ0n) is 15.7. The number of carbonyl (C=O) groups excluding carboxylic acids is 1. The third-order valence-electron chi connectivity index (χ3n) is 3.51. The summed E-state index contributed by atoms with van der Waals surface area (Å²) in [6.45, 7) is 6.53. The minimum Gasteiger partial charge on any atom is -0.497 e. The van der Waals surface area contributed by atoms with E-state index in [1.807, 2.05) is 32.0 Å². The molecule has 0 radical (unpaired) electrons. The van der Waals surface area contributed by atoms with Gasteiger partial charge in [-0.2, -0.15) is 0 Å². The number of ether oxygens (including phenoxy) is 2. The molecule has 7 heteroatoms. The Kier molecular flexibility index (Phi) is 7.72. The molecule has 1 amide bonds. The number of aromatic nitrogens is 2. The van der Waals surface area contributed by atoms with Crippen LogP contribution in [0, 0.1) is 13.8 Å². The number of nitrogens with one attached hydrogen (secondary N) is 1. The highest BCUT2D eigenvalue weighted by molar-refractivity contribution is 7.99. The maximum Gasteiger partial charge on any atom is 0.234 e. The number of methoxy groups -OCH3 is 1. The lowest BCUT2D eigenvalue weighted by Crippen LogP contribution is -2.15. The monoisotopic (exact) mass is 375 g/mol. The molecular formula is C19H25N3O3S. The first-order chi connectivity index (χ1) is 12.5. The normalized spacial score (nSPS) is 10.5. The number of hydrogen-bond donors (Lipinski definition) is 1. The van der Waals surface area contributed by atoms with Crippen molar-refractivity contribution in [3.63, 3.8) is 0 Å². The van der Waals surface area contributed by atoms with Gasteiger partial charge in [-0.25, -0.2) is 9.97 Å². The summed E-state index contributed by atoms with van der Waals surface area (Å²) in [7, 11) is 1.59. The van der Waals surface area contributed by atoms with Gasteiger partial charge in [0.15, 0.2) is 5.16 Å². The maximum atomic E-state index is 12.4. The fraction of sp³-hybridized carbons (Fsp3) is 0.421. The first-order valence-corrected chi connectivity index (χ1v) is 9.56. The van der Waals surface area contributed by atoms with Crippen LogP contribution in [0.15, 0.2) is 29.4 Å². The molecule has 6 nitrogen and oxygen atoms in total. The molecule has 2 aromatic rings. The van der Waals surface area contributed by atoms with E-state index in [2.05, 4.69) is 22.2 Å². The Hall–Kier alpha value is -2.28. The average molecular weight is 375 g/mol. The molecule has 0 aliphatic heterocycles. The number of hydrogen-bond acceptors (Lipinski definition) is 6. The van der Waals surface area contributed by atoms with Crippen molar-refractivity contribution in [2.45, 2.75) is 38.8 Å². The summed E-state index contributed by atoms with van der Waals surface area (Å²) < 4.78 is 11.0. The van der Waals surface area contributed by atoms with Crippen molar-refractivity contribution in [3.05, 3.63) is 35.7 Å². The maximum absolute atomic E-state index is 12.4. The predicted octanol–water partition coefficient (Wildman–Crippen LogP) is 4.01. The quantitative estimate of drug-likeness (QED) is 0.405. The van der Waals surface area contributed by atoms with Crippen LogP contribution in [0.5, 0.6) is 11.5 Å². The van der Waals surface area contributed by atoms with E-state index < -0.39 is 0 Å². The van der Waals surface area contributed by atoms with Crippen LogP contribution >= 0.6 is 11.8 Å². The minimum atomic E-state index is -0.147. The van der Waals surface area contributed by atoms with Crippen molar-refractivity contribution in [2.75, 3.05) is 24.8 Å². The first-order valence-electron chi connectivity index (χ1n) is 8.57. The molecule has 0 saturated carbocycles. The molecule has 0 saturated heterocycles. The Labute approximate surface area is 158 Å². The predicted molar refractivity (Wildman–Crippen MR) is 104 cm³/mol. The zero-order valence-corrected chi connectivity index (χ0v) is 16.5. The minimum absolute atomic E-state index is 0.147. The SMILES string of the molecule is CCCCOc1ccc(OC)cc1NC(=O)CSc1nc(C)cc(C)n1. The largest absolute Gasteiger partial charge is 0.497 e. The van der Waals surface area contributed by atoms with Gasteiger partial charge < -0.3 is 14.8 Å². The van der Waals surface area contributed by atoms with Gasteiger partial charge in [-0.1, -0.05) is 25.1 Å². The number of benzene rings is 1. The van der Waals surface area contributed by atoms with Crippen LogP contribution < -0.4 is 14.8 Å². The third kappa shape index (κ3) is 6.22. The summed E-state index contributed by atoms with van der Waals surface area (Å²) in [5.74, 6) is 1.37. The van der Waals surface area contributed by atoms with E-state index >= 15 is 0 Å². The number of unbranched alkanes of at least 4 members (excludes halogenated alkanes) is 1. The number of nitrogens with zero attached hydrogens (tertiary/aromatic N) is 2. The van der Waals surface area contributed by atoms with Crippen molar-refractivity contribution in [1.29, 1.82) is 0 Å². The van der Waals surface area contributed by atoms with Gasteiger partial charge in [-0.3, -0.25) is 4.79 Å². The van der Waals surface area contributed by atoms with Crippen molar-refractivity contribution < 1.29 is 14.3 Å². The number of amides is 1. The van der Waals surface area contributed by atoms with Gasteiger partial charge in [0.2, 0.25) is 5.91 Å². The van der Waals surface area contributed by atoms with Crippen LogP contribution in [0.3, 0.4) is 0 Å². The van der Waals surface area contributed by atoms with E-state index in [1.165, 1.54) is 11.8 Å². The summed E-state index contributed by atoms with van der Waals surface area (Å²) >= 11 is 1.31. The topological polar surface area (TPSA) is 73.3 Å². The van der Waals surface area contributed by atoms with Crippen LogP contribution in [0.1, 0.15) is 31.2 Å². The highest BCUT2D eigenvalue weighted by Crippen LogP contribution is 2.29. The zero-order chi connectivity index (χ0) is 18.9. The van der Waals surface area contributed by atoms with E-state index in [0.717, 1.165) is 24.2 Å². The standard InChI is InChI=1S/C19H25N3O3S/c1-5-6-9-25-17-8-7-15(24-4)11-16(17)22-18(23)12-26-19-20-13(2)10-14(3)21-19/h7-8,10-11H,5-6,9,12H2,1-4H3,(H,22,23). The van der Waals surface area contributed by atoms with Crippen LogP contribution in [0.25, 0.3) is 0 Å². The highest BCUT2D eigenvalue weighted by atomic mass is 32.2. The van der Waals surface area contributed by atoms with Crippen LogP contribution in [-0.4, -0.2) is 35.3 Å². The lowest BCUT2D eigenvalue weighted by atomic mass is 10.2. The van der Waals surface area contributed by atoms with Gasteiger partial charge in [-0.15, -0.1) is 0 Å². The van der Waals surface area contributed by atoms with Gasteiger partial charge in [-0.05, 0) is 38.5 Å². The van der Waals surface area contributed by atoms with E-state index in [4.69, 9.17) is 9.47 Å².